The molecular formula is C33H37N7O4. The van der Waals surface area contributed by atoms with Crippen LogP contribution in [0.3, 0.4) is 0 Å². The van der Waals surface area contributed by atoms with Gasteiger partial charge in [0, 0.05) is 42.0 Å². The molecule has 1 aliphatic carbocycles. The summed E-state index contributed by atoms with van der Waals surface area (Å²) in [6, 6.07) is 10.9. The standard InChI is InChI=1S/C33H37N7O4/c41-30-9-8-29(31(42)38-30)40-32(43)25-7-6-23(17-26(25)33(40)44)35-12-2-3-20-15-24(16-20)39-19-22(18-36-39)28-5-1-4-27(37-28)21-10-13-34-14-11-21/h1,4-7,17-21,24,29,34-35H,2-3,8-16H2,(H,38,41,42). The first-order chi connectivity index (χ1) is 21.4. The molecule has 11 nitrogen and oxygen atoms in total. The van der Waals surface area contributed by atoms with Crippen molar-refractivity contribution >= 4 is 29.3 Å². The van der Waals surface area contributed by atoms with Crippen molar-refractivity contribution < 1.29 is 19.2 Å². The average Bonchev–Trinajstić information content (AvgIpc) is 3.60. The van der Waals surface area contributed by atoms with Gasteiger partial charge >= 0.3 is 0 Å². The highest BCUT2D eigenvalue weighted by Crippen LogP contribution is 2.40. The third-order valence-electron chi connectivity index (χ3n) is 9.57. The minimum absolute atomic E-state index is 0.103. The fraction of sp³-hybridized carbons (Fsp3) is 0.455. The predicted octanol–water partition coefficient (Wildman–Crippen LogP) is 3.66. The molecule has 0 radical (unpaired) electrons. The number of benzene rings is 1. The van der Waals surface area contributed by atoms with E-state index >= 15 is 0 Å². The van der Waals surface area contributed by atoms with E-state index in [4.69, 9.17) is 4.98 Å². The van der Waals surface area contributed by atoms with Crippen LogP contribution in [0.15, 0.2) is 48.8 Å². The van der Waals surface area contributed by atoms with Crippen LogP contribution in [0.1, 0.15) is 89.7 Å². The average molecular weight is 596 g/mol. The van der Waals surface area contributed by atoms with Crippen LogP contribution >= 0.6 is 0 Å². The quantitative estimate of drug-likeness (QED) is 0.252. The van der Waals surface area contributed by atoms with Crippen LogP contribution in [-0.4, -0.2) is 69.0 Å². The Balaban J connectivity index is 0.874. The van der Waals surface area contributed by atoms with E-state index in [0.29, 0.717) is 23.4 Å². The fourth-order valence-electron chi connectivity index (χ4n) is 6.98. The Bertz CT molecular complexity index is 1600. The first kappa shape index (κ1) is 28.4. The molecule has 2 saturated heterocycles. The second kappa shape index (κ2) is 12.0. The molecule has 0 spiro atoms. The van der Waals surface area contributed by atoms with E-state index in [1.165, 1.54) is 5.69 Å². The van der Waals surface area contributed by atoms with Crippen molar-refractivity contribution in [2.75, 3.05) is 25.0 Å². The van der Waals surface area contributed by atoms with Crippen molar-refractivity contribution in [2.24, 2.45) is 5.92 Å². The molecule has 1 aromatic carbocycles. The number of nitrogens with one attached hydrogen (secondary N) is 3. The third-order valence-corrected chi connectivity index (χ3v) is 9.57. The molecule has 1 saturated carbocycles. The van der Waals surface area contributed by atoms with Gasteiger partial charge in [0.25, 0.3) is 11.8 Å². The number of aromatic nitrogens is 3. The van der Waals surface area contributed by atoms with Crippen molar-refractivity contribution in [1.82, 2.24) is 30.3 Å². The number of rotatable bonds is 9. The van der Waals surface area contributed by atoms with E-state index in [1.807, 2.05) is 6.20 Å². The highest BCUT2D eigenvalue weighted by molar-refractivity contribution is 6.23. The number of carbonyl (C=O) groups excluding carboxylic acids is 4. The summed E-state index contributed by atoms with van der Waals surface area (Å²) in [5, 5.41) is 13.7. The minimum atomic E-state index is -0.955. The Morgan fingerprint density at radius 2 is 1.77 bits per heavy atom. The first-order valence-corrected chi connectivity index (χ1v) is 15.8. The molecule has 1 atom stereocenters. The molecule has 44 heavy (non-hydrogen) atoms. The van der Waals surface area contributed by atoms with Gasteiger partial charge in [-0.25, -0.2) is 0 Å². The van der Waals surface area contributed by atoms with Gasteiger partial charge in [-0.1, -0.05) is 6.07 Å². The number of pyridine rings is 1. The second-order valence-corrected chi connectivity index (χ2v) is 12.4. The molecule has 3 aliphatic heterocycles. The molecule has 5 heterocycles. The van der Waals surface area contributed by atoms with Crippen LogP contribution in [0.5, 0.6) is 0 Å². The lowest BCUT2D eigenvalue weighted by Crippen LogP contribution is -2.54. The minimum Gasteiger partial charge on any atom is -0.385 e. The number of fused-ring (bicyclic) bond motifs is 1. The Labute approximate surface area is 255 Å². The topological polar surface area (TPSA) is 138 Å². The van der Waals surface area contributed by atoms with Crippen molar-refractivity contribution in [3.05, 3.63) is 65.6 Å². The lowest BCUT2D eigenvalue weighted by Gasteiger charge is -2.35. The maximum absolute atomic E-state index is 13.1. The van der Waals surface area contributed by atoms with E-state index in [9.17, 15) is 19.2 Å². The van der Waals surface area contributed by atoms with Gasteiger partial charge < -0.3 is 10.6 Å². The molecule has 3 N–H and O–H groups in total. The first-order valence-electron chi connectivity index (χ1n) is 15.8. The summed E-state index contributed by atoms with van der Waals surface area (Å²) in [4.78, 5) is 55.7. The van der Waals surface area contributed by atoms with Crippen LogP contribution in [0, 0.1) is 5.92 Å². The van der Waals surface area contributed by atoms with Gasteiger partial charge in [-0.2, -0.15) is 5.10 Å². The number of hydrogen-bond acceptors (Lipinski definition) is 8. The lowest BCUT2D eigenvalue weighted by molar-refractivity contribution is -0.136. The smallest absolute Gasteiger partial charge is 0.262 e. The molecule has 3 aromatic rings. The molecule has 11 heteroatoms. The Kier molecular flexibility index (Phi) is 7.71. The Morgan fingerprint density at radius 3 is 2.59 bits per heavy atom. The Hall–Kier alpha value is -4.38. The molecule has 4 amide bonds. The number of amides is 4. The number of anilines is 1. The summed E-state index contributed by atoms with van der Waals surface area (Å²) >= 11 is 0. The van der Waals surface area contributed by atoms with Crippen LogP contribution in [0.25, 0.3) is 11.3 Å². The lowest BCUT2D eigenvalue weighted by atomic mass is 9.77. The molecule has 3 fully saturated rings. The zero-order valence-corrected chi connectivity index (χ0v) is 24.6. The summed E-state index contributed by atoms with van der Waals surface area (Å²) in [6.45, 7) is 2.86. The summed E-state index contributed by atoms with van der Waals surface area (Å²) in [5.41, 5.74) is 4.60. The van der Waals surface area contributed by atoms with E-state index in [2.05, 4.69) is 50.1 Å². The van der Waals surface area contributed by atoms with E-state index in [-0.39, 0.29) is 24.3 Å². The number of imide groups is 2. The van der Waals surface area contributed by atoms with Gasteiger partial charge in [0.05, 0.1) is 29.1 Å². The van der Waals surface area contributed by atoms with E-state index < -0.39 is 23.8 Å². The zero-order valence-electron chi connectivity index (χ0n) is 24.6. The summed E-state index contributed by atoms with van der Waals surface area (Å²) in [7, 11) is 0. The largest absolute Gasteiger partial charge is 0.385 e. The second-order valence-electron chi connectivity index (χ2n) is 12.4. The van der Waals surface area contributed by atoms with Gasteiger partial charge in [0.2, 0.25) is 11.8 Å². The van der Waals surface area contributed by atoms with Gasteiger partial charge in [-0.3, -0.25) is 39.1 Å². The molecule has 228 valence electrons. The predicted molar refractivity (Wildman–Crippen MR) is 163 cm³/mol. The van der Waals surface area contributed by atoms with Crippen LogP contribution in [0.2, 0.25) is 0 Å². The van der Waals surface area contributed by atoms with Crippen LogP contribution < -0.4 is 16.0 Å². The van der Waals surface area contributed by atoms with Gasteiger partial charge in [0.15, 0.2) is 0 Å². The van der Waals surface area contributed by atoms with Gasteiger partial charge in [-0.05, 0) is 94.3 Å². The van der Waals surface area contributed by atoms with Crippen molar-refractivity contribution in [3.8, 4) is 11.3 Å². The zero-order chi connectivity index (χ0) is 30.2. The molecular weight excluding hydrogens is 558 g/mol. The van der Waals surface area contributed by atoms with E-state index in [0.717, 1.165) is 80.0 Å². The maximum atomic E-state index is 13.1. The molecule has 7 rings (SSSR count). The normalized spacial score (nSPS) is 23.8. The fourth-order valence-corrected chi connectivity index (χ4v) is 6.98. The highest BCUT2D eigenvalue weighted by atomic mass is 16.2. The summed E-state index contributed by atoms with van der Waals surface area (Å²) in [5.74, 6) is -0.790. The van der Waals surface area contributed by atoms with Gasteiger partial charge in [-0.15, -0.1) is 0 Å². The highest BCUT2D eigenvalue weighted by Gasteiger charge is 2.44. The summed E-state index contributed by atoms with van der Waals surface area (Å²) in [6.07, 6.45) is 10.9. The Morgan fingerprint density at radius 1 is 0.955 bits per heavy atom. The maximum Gasteiger partial charge on any atom is 0.262 e. The van der Waals surface area contributed by atoms with Crippen molar-refractivity contribution in [1.29, 1.82) is 0 Å². The SMILES string of the molecule is O=C1CCC(N2C(=O)c3ccc(NCCCC4CC(n5cc(-c6cccc(C7CCNCC7)n6)cn5)C4)cc3C2=O)C(=O)N1. The van der Waals surface area contributed by atoms with Crippen molar-refractivity contribution in [2.45, 2.75) is 69.4 Å². The molecule has 2 aromatic heterocycles. The number of hydrogen-bond donors (Lipinski definition) is 3. The van der Waals surface area contributed by atoms with Gasteiger partial charge in [0.1, 0.15) is 6.04 Å². The number of nitrogens with zero attached hydrogens (tertiary/aromatic N) is 4. The van der Waals surface area contributed by atoms with E-state index in [1.54, 1.807) is 18.2 Å². The van der Waals surface area contributed by atoms with Crippen LogP contribution in [0.4, 0.5) is 5.69 Å². The van der Waals surface area contributed by atoms with Crippen molar-refractivity contribution in [3.63, 3.8) is 0 Å². The van der Waals surface area contributed by atoms with Crippen LogP contribution in [-0.2, 0) is 9.59 Å². The molecule has 1 unspecified atom stereocenters. The molecule has 0 bridgehead atoms. The number of piperidine rings is 2. The number of carbonyl (C=O) groups is 4. The molecule has 4 aliphatic rings. The monoisotopic (exact) mass is 595 g/mol. The third kappa shape index (κ3) is 5.52. The summed E-state index contributed by atoms with van der Waals surface area (Å²) < 4.78 is 2.10.